The predicted molar refractivity (Wildman–Crippen MR) is 56.1 cm³/mol. The third kappa shape index (κ3) is 3.92. The Labute approximate surface area is 86.0 Å². The second kappa shape index (κ2) is 5.66. The second-order valence-electron chi connectivity index (χ2n) is 4.21. The molecule has 1 aliphatic rings. The summed E-state index contributed by atoms with van der Waals surface area (Å²) in [6.07, 6.45) is 0.760. The van der Waals surface area contributed by atoms with Crippen LogP contribution in [0.5, 0.6) is 0 Å². The van der Waals surface area contributed by atoms with Gasteiger partial charge < -0.3 is 15.6 Å². The van der Waals surface area contributed by atoms with Crippen molar-refractivity contribution >= 4 is 0 Å². The van der Waals surface area contributed by atoms with Crippen molar-refractivity contribution in [2.45, 2.75) is 38.5 Å². The van der Waals surface area contributed by atoms with Crippen LogP contribution in [0.1, 0.15) is 20.3 Å². The molecule has 1 fully saturated rings. The zero-order chi connectivity index (χ0) is 10.6. The highest BCUT2D eigenvalue weighted by molar-refractivity contribution is 4.77. The zero-order valence-corrected chi connectivity index (χ0v) is 9.15. The highest BCUT2D eigenvalue weighted by Crippen LogP contribution is 2.08. The van der Waals surface area contributed by atoms with E-state index in [1.807, 2.05) is 13.8 Å². The summed E-state index contributed by atoms with van der Waals surface area (Å²) in [5.41, 5.74) is 5.78. The Bertz CT molecular complexity index is 162. The minimum Gasteiger partial charge on any atom is -0.393 e. The van der Waals surface area contributed by atoms with Crippen molar-refractivity contribution in [1.29, 1.82) is 0 Å². The van der Waals surface area contributed by atoms with Crippen LogP contribution in [0.3, 0.4) is 0 Å². The fourth-order valence-corrected chi connectivity index (χ4v) is 1.62. The number of nitrogens with zero attached hydrogens (tertiary/aromatic N) is 1. The largest absolute Gasteiger partial charge is 0.393 e. The van der Waals surface area contributed by atoms with Crippen LogP contribution in [-0.2, 0) is 4.74 Å². The fourth-order valence-electron chi connectivity index (χ4n) is 1.62. The molecule has 4 heteroatoms. The van der Waals surface area contributed by atoms with Gasteiger partial charge in [0, 0.05) is 25.7 Å². The third-order valence-electron chi connectivity index (χ3n) is 2.63. The number of aliphatic hydroxyl groups is 1. The van der Waals surface area contributed by atoms with Crippen molar-refractivity contribution in [2.24, 2.45) is 5.73 Å². The predicted octanol–water partition coefficient (Wildman–Crippen LogP) is -0.195. The summed E-state index contributed by atoms with van der Waals surface area (Å²) in [7, 11) is 0. The first-order valence-electron chi connectivity index (χ1n) is 5.37. The van der Waals surface area contributed by atoms with Crippen molar-refractivity contribution in [2.75, 3.05) is 26.2 Å². The molecule has 0 aliphatic carbocycles. The first kappa shape index (κ1) is 11.9. The number of hydrogen-bond acceptors (Lipinski definition) is 4. The van der Waals surface area contributed by atoms with Crippen molar-refractivity contribution in [3.05, 3.63) is 0 Å². The molecule has 14 heavy (non-hydrogen) atoms. The maximum atomic E-state index is 9.18. The summed E-state index contributed by atoms with van der Waals surface area (Å²) in [6.45, 7) is 7.34. The van der Waals surface area contributed by atoms with Crippen LogP contribution in [0.25, 0.3) is 0 Å². The van der Waals surface area contributed by atoms with Gasteiger partial charge in [-0.2, -0.15) is 0 Å². The van der Waals surface area contributed by atoms with Crippen molar-refractivity contribution in [3.63, 3.8) is 0 Å². The van der Waals surface area contributed by atoms with Gasteiger partial charge in [0.25, 0.3) is 0 Å². The zero-order valence-electron chi connectivity index (χ0n) is 9.15. The Morgan fingerprint density at radius 3 is 2.86 bits per heavy atom. The molecule has 0 radical (unpaired) electrons. The molecular formula is C10H22N2O2. The fraction of sp³-hybridized carbons (Fsp3) is 1.00. The second-order valence-corrected chi connectivity index (χ2v) is 4.21. The highest BCUT2D eigenvalue weighted by atomic mass is 16.5. The van der Waals surface area contributed by atoms with Gasteiger partial charge in [-0.25, -0.2) is 0 Å². The molecule has 1 aliphatic heterocycles. The summed E-state index contributed by atoms with van der Waals surface area (Å²) < 4.78 is 5.55. The quantitative estimate of drug-likeness (QED) is 0.663. The van der Waals surface area contributed by atoms with E-state index in [1.165, 1.54) is 0 Å². The molecule has 0 amide bonds. The third-order valence-corrected chi connectivity index (χ3v) is 2.63. The molecule has 1 saturated heterocycles. The number of ether oxygens (including phenoxy) is 1. The van der Waals surface area contributed by atoms with Gasteiger partial charge in [0.2, 0.25) is 0 Å². The number of morpholine rings is 1. The normalized spacial score (nSPS) is 28.7. The Morgan fingerprint density at radius 2 is 2.29 bits per heavy atom. The van der Waals surface area contributed by atoms with Crippen LogP contribution in [0.2, 0.25) is 0 Å². The average Bonchev–Trinajstić information content (AvgIpc) is 2.15. The van der Waals surface area contributed by atoms with E-state index in [1.54, 1.807) is 0 Å². The van der Waals surface area contributed by atoms with Gasteiger partial charge in [0.1, 0.15) is 0 Å². The molecule has 4 nitrogen and oxygen atoms in total. The molecular weight excluding hydrogens is 180 g/mol. The van der Waals surface area contributed by atoms with Crippen LogP contribution in [0.15, 0.2) is 0 Å². The monoisotopic (exact) mass is 202 g/mol. The molecule has 1 rings (SSSR count). The van der Waals surface area contributed by atoms with Gasteiger partial charge in [-0.15, -0.1) is 0 Å². The van der Waals surface area contributed by atoms with Gasteiger partial charge in [-0.05, 0) is 20.3 Å². The molecule has 0 aromatic carbocycles. The van der Waals surface area contributed by atoms with E-state index < -0.39 is 0 Å². The standard InChI is InChI=1S/C10H22N2O2/c1-8(13)3-4-12-5-6-14-10(7-12)9(2)11/h8-10,13H,3-7,11H2,1-2H3. The van der Waals surface area contributed by atoms with Crippen LogP contribution < -0.4 is 5.73 Å². The molecule has 1 heterocycles. The first-order chi connectivity index (χ1) is 6.59. The van der Waals surface area contributed by atoms with Crippen molar-refractivity contribution in [3.8, 4) is 0 Å². The smallest absolute Gasteiger partial charge is 0.0850 e. The minimum atomic E-state index is -0.216. The lowest BCUT2D eigenvalue weighted by Gasteiger charge is -2.34. The van der Waals surface area contributed by atoms with Gasteiger partial charge in [-0.3, -0.25) is 4.90 Å². The molecule has 3 atom stereocenters. The molecule has 3 unspecified atom stereocenters. The molecule has 84 valence electrons. The average molecular weight is 202 g/mol. The summed E-state index contributed by atoms with van der Waals surface area (Å²) in [4.78, 5) is 2.31. The molecule has 0 spiro atoms. The van der Waals surface area contributed by atoms with E-state index in [-0.39, 0.29) is 18.2 Å². The maximum Gasteiger partial charge on any atom is 0.0850 e. The van der Waals surface area contributed by atoms with Gasteiger partial charge in [-0.1, -0.05) is 0 Å². The molecule has 0 saturated carbocycles. The first-order valence-corrected chi connectivity index (χ1v) is 5.37. The van der Waals surface area contributed by atoms with E-state index in [9.17, 15) is 5.11 Å². The SMILES string of the molecule is CC(O)CCN1CCOC(C(C)N)C1. The number of hydrogen-bond donors (Lipinski definition) is 2. The van der Waals surface area contributed by atoms with E-state index in [0.29, 0.717) is 0 Å². The Balaban J connectivity index is 2.25. The van der Waals surface area contributed by atoms with E-state index in [0.717, 1.165) is 32.7 Å². The number of nitrogens with two attached hydrogens (primary N) is 1. The van der Waals surface area contributed by atoms with E-state index in [2.05, 4.69) is 4.90 Å². The van der Waals surface area contributed by atoms with Gasteiger partial charge in [0.15, 0.2) is 0 Å². The van der Waals surface area contributed by atoms with Gasteiger partial charge in [0.05, 0.1) is 18.8 Å². The summed E-state index contributed by atoms with van der Waals surface area (Å²) in [5, 5.41) is 9.18. The molecule has 3 N–H and O–H groups in total. The lowest BCUT2D eigenvalue weighted by atomic mass is 10.1. The Hall–Kier alpha value is -0.160. The summed E-state index contributed by atoms with van der Waals surface area (Å²) in [6, 6.07) is 0.0874. The Kier molecular flexibility index (Phi) is 4.81. The summed E-state index contributed by atoms with van der Waals surface area (Å²) in [5.74, 6) is 0. The molecule has 0 bridgehead atoms. The van der Waals surface area contributed by atoms with E-state index in [4.69, 9.17) is 10.5 Å². The van der Waals surface area contributed by atoms with Crippen LogP contribution >= 0.6 is 0 Å². The van der Waals surface area contributed by atoms with Crippen LogP contribution in [0.4, 0.5) is 0 Å². The van der Waals surface area contributed by atoms with Crippen molar-refractivity contribution in [1.82, 2.24) is 4.90 Å². The van der Waals surface area contributed by atoms with E-state index >= 15 is 0 Å². The van der Waals surface area contributed by atoms with Crippen LogP contribution in [-0.4, -0.2) is 54.5 Å². The number of aliphatic hydroxyl groups excluding tert-OH is 1. The topological polar surface area (TPSA) is 58.7 Å². The lowest BCUT2D eigenvalue weighted by Crippen LogP contribution is -2.49. The molecule has 0 aromatic rings. The summed E-state index contributed by atoms with van der Waals surface area (Å²) >= 11 is 0. The Morgan fingerprint density at radius 1 is 1.57 bits per heavy atom. The minimum absolute atomic E-state index is 0.0874. The highest BCUT2D eigenvalue weighted by Gasteiger charge is 2.22. The maximum absolute atomic E-state index is 9.18. The lowest BCUT2D eigenvalue weighted by molar-refractivity contribution is -0.0402. The van der Waals surface area contributed by atoms with Gasteiger partial charge >= 0.3 is 0 Å². The van der Waals surface area contributed by atoms with Crippen molar-refractivity contribution < 1.29 is 9.84 Å². The van der Waals surface area contributed by atoms with Crippen LogP contribution in [0, 0.1) is 0 Å². The number of rotatable bonds is 4. The molecule has 0 aromatic heterocycles.